The molecule has 3 rings (SSSR count). The zero-order valence-corrected chi connectivity index (χ0v) is 8.93. The van der Waals surface area contributed by atoms with Crippen molar-refractivity contribution in [1.82, 2.24) is 4.98 Å². The lowest BCUT2D eigenvalue weighted by atomic mass is 9.75. The van der Waals surface area contributed by atoms with Gasteiger partial charge in [-0.2, -0.15) is 0 Å². The first-order valence-electron chi connectivity index (χ1n) is 5.51. The molecule has 16 heavy (non-hydrogen) atoms. The summed E-state index contributed by atoms with van der Waals surface area (Å²) in [4.78, 5) is 4.12. The lowest BCUT2D eigenvalue weighted by Gasteiger charge is -2.20. The molecule has 3 nitrogen and oxygen atoms in total. The van der Waals surface area contributed by atoms with E-state index in [9.17, 15) is 0 Å². The van der Waals surface area contributed by atoms with Crippen molar-refractivity contribution in [3.8, 4) is 0 Å². The smallest absolute Gasteiger partial charge is 0.407 e. The minimum absolute atomic E-state index is 0.222. The predicted molar refractivity (Wildman–Crippen MR) is 63.7 cm³/mol. The lowest BCUT2D eigenvalue weighted by molar-refractivity contribution is 0.143. The first-order valence-corrected chi connectivity index (χ1v) is 5.51. The van der Waals surface area contributed by atoms with E-state index < -0.39 is 0 Å². The van der Waals surface area contributed by atoms with Crippen molar-refractivity contribution in [2.45, 2.75) is 6.42 Å². The van der Waals surface area contributed by atoms with Gasteiger partial charge in [0.05, 0.1) is 0 Å². The number of hydrogen-bond acceptors (Lipinski definition) is 3. The summed E-state index contributed by atoms with van der Waals surface area (Å²) < 4.78 is 11.3. The lowest BCUT2D eigenvalue weighted by Crippen LogP contribution is -2.41. The van der Waals surface area contributed by atoms with E-state index in [-0.39, 0.29) is 7.12 Å². The fourth-order valence-electron chi connectivity index (χ4n) is 2.02. The summed E-state index contributed by atoms with van der Waals surface area (Å²) in [6, 6.07) is 8.12. The zero-order valence-electron chi connectivity index (χ0n) is 8.93. The molecule has 80 valence electrons. The fourth-order valence-corrected chi connectivity index (χ4v) is 2.02. The van der Waals surface area contributed by atoms with Gasteiger partial charge in [-0.25, -0.2) is 0 Å². The SMILES string of the molecule is c1cc(B2OCCCO2)c2ccncc2c1. The van der Waals surface area contributed by atoms with Crippen molar-refractivity contribution in [1.29, 1.82) is 0 Å². The molecule has 0 unspecified atom stereocenters. The van der Waals surface area contributed by atoms with Crippen molar-refractivity contribution in [3.05, 3.63) is 36.7 Å². The van der Waals surface area contributed by atoms with Gasteiger partial charge in [0.1, 0.15) is 0 Å². The minimum atomic E-state index is -0.222. The Balaban J connectivity index is 2.08. The number of rotatable bonds is 1. The Morgan fingerprint density at radius 3 is 2.88 bits per heavy atom. The second-order valence-corrected chi connectivity index (χ2v) is 3.87. The summed E-state index contributed by atoms with van der Waals surface area (Å²) in [5.41, 5.74) is 1.10. The van der Waals surface area contributed by atoms with Crippen molar-refractivity contribution in [2.24, 2.45) is 0 Å². The quantitative estimate of drug-likeness (QED) is 0.670. The van der Waals surface area contributed by atoms with Gasteiger partial charge in [0, 0.05) is 25.6 Å². The number of fused-ring (bicyclic) bond motifs is 1. The number of aromatic nitrogens is 1. The summed E-state index contributed by atoms with van der Waals surface area (Å²) in [6.45, 7) is 1.54. The second-order valence-electron chi connectivity index (χ2n) is 3.87. The molecular weight excluding hydrogens is 201 g/mol. The van der Waals surface area contributed by atoms with Gasteiger partial charge in [0.15, 0.2) is 0 Å². The zero-order chi connectivity index (χ0) is 10.8. The van der Waals surface area contributed by atoms with Crippen LogP contribution in [0.25, 0.3) is 10.8 Å². The summed E-state index contributed by atoms with van der Waals surface area (Å²) in [7, 11) is -0.222. The third-order valence-electron chi connectivity index (χ3n) is 2.80. The van der Waals surface area contributed by atoms with Crippen LogP contribution in [0.1, 0.15) is 6.42 Å². The number of hydrogen-bond donors (Lipinski definition) is 0. The molecule has 0 saturated carbocycles. The molecule has 0 spiro atoms. The molecule has 0 bridgehead atoms. The van der Waals surface area contributed by atoms with E-state index in [4.69, 9.17) is 9.31 Å². The average molecular weight is 213 g/mol. The molecule has 2 aromatic rings. The first kappa shape index (κ1) is 9.81. The second kappa shape index (κ2) is 4.24. The van der Waals surface area contributed by atoms with Crippen LogP contribution < -0.4 is 5.46 Å². The highest BCUT2D eigenvalue weighted by Gasteiger charge is 2.25. The number of benzene rings is 1. The largest absolute Gasteiger partial charge is 0.494 e. The van der Waals surface area contributed by atoms with Crippen LogP contribution in [0.3, 0.4) is 0 Å². The van der Waals surface area contributed by atoms with Gasteiger partial charge in [-0.05, 0) is 28.7 Å². The van der Waals surface area contributed by atoms with Gasteiger partial charge in [-0.1, -0.05) is 18.2 Å². The molecule has 0 radical (unpaired) electrons. The van der Waals surface area contributed by atoms with Crippen molar-refractivity contribution in [3.63, 3.8) is 0 Å². The molecule has 0 amide bonds. The fraction of sp³-hybridized carbons (Fsp3) is 0.250. The third-order valence-corrected chi connectivity index (χ3v) is 2.80. The Morgan fingerprint density at radius 2 is 2.00 bits per heavy atom. The molecule has 1 fully saturated rings. The van der Waals surface area contributed by atoms with Crippen molar-refractivity contribution >= 4 is 23.4 Å². The molecule has 1 aliphatic heterocycles. The molecule has 4 heteroatoms. The van der Waals surface area contributed by atoms with Gasteiger partial charge >= 0.3 is 7.12 Å². The van der Waals surface area contributed by atoms with Crippen LogP contribution in [0.4, 0.5) is 0 Å². The average Bonchev–Trinajstić information content (AvgIpc) is 2.39. The van der Waals surface area contributed by atoms with E-state index in [2.05, 4.69) is 17.1 Å². The Kier molecular flexibility index (Phi) is 2.60. The van der Waals surface area contributed by atoms with Crippen LogP contribution >= 0.6 is 0 Å². The molecule has 1 aliphatic rings. The van der Waals surface area contributed by atoms with E-state index in [1.165, 1.54) is 0 Å². The summed E-state index contributed by atoms with van der Waals surface area (Å²) >= 11 is 0. The first-order chi connectivity index (χ1) is 7.95. The molecule has 0 atom stereocenters. The predicted octanol–water partition coefficient (Wildman–Crippen LogP) is 1.37. The van der Waals surface area contributed by atoms with E-state index in [0.717, 1.165) is 35.9 Å². The Bertz CT molecular complexity index is 492. The van der Waals surface area contributed by atoms with Crippen LogP contribution in [-0.2, 0) is 9.31 Å². The number of nitrogens with zero attached hydrogens (tertiary/aromatic N) is 1. The topological polar surface area (TPSA) is 31.4 Å². The maximum Gasteiger partial charge on any atom is 0.494 e. The van der Waals surface area contributed by atoms with E-state index in [1.54, 1.807) is 6.20 Å². The van der Waals surface area contributed by atoms with Crippen molar-refractivity contribution < 1.29 is 9.31 Å². The van der Waals surface area contributed by atoms with Crippen LogP contribution in [0, 0.1) is 0 Å². The molecule has 0 aliphatic carbocycles. The van der Waals surface area contributed by atoms with Gasteiger partial charge in [-0.15, -0.1) is 0 Å². The standard InChI is InChI=1S/C12H12BNO2/c1-3-10-9-14-6-5-11(10)12(4-1)13-15-7-2-8-16-13/h1,3-6,9H,2,7-8H2. The minimum Gasteiger partial charge on any atom is -0.407 e. The van der Waals surface area contributed by atoms with Gasteiger partial charge in [0.25, 0.3) is 0 Å². The van der Waals surface area contributed by atoms with Gasteiger partial charge in [-0.3, -0.25) is 4.98 Å². The molecule has 1 aromatic heterocycles. The van der Waals surface area contributed by atoms with E-state index in [1.807, 2.05) is 18.3 Å². The van der Waals surface area contributed by atoms with Gasteiger partial charge < -0.3 is 9.31 Å². The highest BCUT2D eigenvalue weighted by molar-refractivity contribution is 6.64. The molecule has 1 saturated heterocycles. The maximum atomic E-state index is 5.63. The third kappa shape index (κ3) is 1.70. The van der Waals surface area contributed by atoms with Crippen LogP contribution in [-0.4, -0.2) is 25.3 Å². The van der Waals surface area contributed by atoms with Crippen LogP contribution in [0.2, 0.25) is 0 Å². The molecule has 1 aromatic carbocycles. The molecular formula is C12H12BNO2. The monoisotopic (exact) mass is 213 g/mol. The molecule has 0 N–H and O–H groups in total. The highest BCUT2D eigenvalue weighted by atomic mass is 16.6. The van der Waals surface area contributed by atoms with Crippen LogP contribution in [0.15, 0.2) is 36.7 Å². The Hall–Kier alpha value is -1.39. The highest BCUT2D eigenvalue weighted by Crippen LogP contribution is 2.12. The van der Waals surface area contributed by atoms with E-state index >= 15 is 0 Å². The summed E-state index contributed by atoms with van der Waals surface area (Å²) in [5.74, 6) is 0. The normalized spacial score (nSPS) is 16.6. The van der Waals surface area contributed by atoms with Crippen LogP contribution in [0.5, 0.6) is 0 Å². The van der Waals surface area contributed by atoms with Gasteiger partial charge in [0.2, 0.25) is 0 Å². The maximum absolute atomic E-state index is 5.63. The van der Waals surface area contributed by atoms with E-state index in [0.29, 0.717) is 0 Å². The molecule has 2 heterocycles. The Labute approximate surface area is 94.5 Å². The summed E-state index contributed by atoms with van der Waals surface area (Å²) in [5, 5.41) is 2.28. The Morgan fingerprint density at radius 1 is 1.12 bits per heavy atom. The number of pyridine rings is 1. The van der Waals surface area contributed by atoms with Crippen molar-refractivity contribution in [2.75, 3.05) is 13.2 Å². The summed E-state index contributed by atoms with van der Waals surface area (Å²) in [6.07, 6.45) is 4.64.